The average molecular weight is 413 g/mol. The summed E-state index contributed by atoms with van der Waals surface area (Å²) in [5.74, 6) is 0.660. The number of esters is 1. The van der Waals surface area contributed by atoms with Crippen LogP contribution in [0.1, 0.15) is 21.5 Å². The van der Waals surface area contributed by atoms with Crippen molar-refractivity contribution >= 4 is 5.97 Å². The van der Waals surface area contributed by atoms with E-state index in [-0.39, 0.29) is 0 Å². The second kappa shape index (κ2) is 8.48. The predicted molar refractivity (Wildman–Crippen MR) is 120 cm³/mol. The van der Waals surface area contributed by atoms with Crippen molar-refractivity contribution in [2.75, 3.05) is 14.2 Å². The Morgan fingerprint density at radius 1 is 0.839 bits per heavy atom. The highest BCUT2D eigenvalue weighted by atomic mass is 16.5. The van der Waals surface area contributed by atoms with Crippen molar-refractivity contribution in [3.8, 4) is 39.5 Å². The molecule has 5 nitrogen and oxygen atoms in total. The third-order valence-corrected chi connectivity index (χ3v) is 5.55. The molecule has 0 fully saturated rings. The number of hydrogen-bond donors (Lipinski definition) is 0. The molecule has 3 aromatic carbocycles. The first kappa shape index (κ1) is 20.4. The summed E-state index contributed by atoms with van der Waals surface area (Å²) in [6.07, 6.45) is 0. The highest BCUT2D eigenvalue weighted by Gasteiger charge is 2.17. The van der Waals surface area contributed by atoms with Crippen LogP contribution in [0.15, 0.2) is 71.3 Å². The molecule has 5 heteroatoms. The lowest BCUT2D eigenvalue weighted by atomic mass is 9.92. The molecule has 4 aromatic rings. The van der Waals surface area contributed by atoms with Crippen LogP contribution in [0.2, 0.25) is 0 Å². The lowest BCUT2D eigenvalue weighted by Crippen LogP contribution is -2.04. The fraction of sp³-hybridized carbons (Fsp3) is 0.154. The zero-order chi connectivity index (χ0) is 22.0. The van der Waals surface area contributed by atoms with Crippen molar-refractivity contribution in [3.63, 3.8) is 0 Å². The van der Waals surface area contributed by atoms with Gasteiger partial charge in [-0.3, -0.25) is 0 Å². The number of carbonyl (C=O) groups is 1. The zero-order valence-corrected chi connectivity index (χ0v) is 17.9. The Morgan fingerprint density at radius 2 is 1.55 bits per heavy atom. The number of benzene rings is 3. The van der Waals surface area contributed by atoms with E-state index >= 15 is 0 Å². The fourth-order valence-electron chi connectivity index (χ4n) is 3.69. The van der Waals surface area contributed by atoms with Crippen molar-refractivity contribution < 1.29 is 18.8 Å². The van der Waals surface area contributed by atoms with Crippen LogP contribution in [0, 0.1) is 13.8 Å². The van der Waals surface area contributed by atoms with Crippen molar-refractivity contribution in [1.82, 2.24) is 5.16 Å². The van der Waals surface area contributed by atoms with E-state index in [1.54, 1.807) is 18.2 Å². The molecular formula is C26H23NO4. The van der Waals surface area contributed by atoms with E-state index in [9.17, 15) is 4.79 Å². The van der Waals surface area contributed by atoms with E-state index in [0.29, 0.717) is 22.8 Å². The van der Waals surface area contributed by atoms with E-state index in [2.05, 4.69) is 43.3 Å². The topological polar surface area (TPSA) is 61.6 Å². The van der Waals surface area contributed by atoms with Crippen molar-refractivity contribution in [1.29, 1.82) is 0 Å². The molecule has 0 aliphatic carbocycles. The minimum Gasteiger partial charge on any atom is -0.496 e. The van der Waals surface area contributed by atoms with Gasteiger partial charge in [0.1, 0.15) is 17.0 Å². The van der Waals surface area contributed by atoms with E-state index in [0.717, 1.165) is 16.7 Å². The Hall–Kier alpha value is -3.86. The summed E-state index contributed by atoms with van der Waals surface area (Å²) < 4.78 is 15.8. The van der Waals surface area contributed by atoms with Crippen LogP contribution in [0.3, 0.4) is 0 Å². The number of aromatic nitrogens is 1. The molecule has 4 rings (SSSR count). The summed E-state index contributed by atoms with van der Waals surface area (Å²) >= 11 is 0. The molecule has 0 bridgehead atoms. The molecule has 0 atom stereocenters. The summed E-state index contributed by atoms with van der Waals surface area (Å²) in [6.45, 7) is 4.21. The van der Waals surface area contributed by atoms with Crippen LogP contribution < -0.4 is 4.74 Å². The van der Waals surface area contributed by atoms with E-state index < -0.39 is 5.97 Å². The molecule has 0 unspecified atom stereocenters. The Labute approximate surface area is 181 Å². The largest absolute Gasteiger partial charge is 0.496 e. The lowest BCUT2D eigenvalue weighted by Gasteiger charge is -2.12. The minimum absolute atomic E-state index is 0.362. The van der Waals surface area contributed by atoms with Gasteiger partial charge in [-0.2, -0.15) is 0 Å². The SMILES string of the molecule is COC(=O)c1ccc(-c2cc(-c3ccc(-c4ccccc4)c(C)c3C)on2)cc1OC. The Balaban J connectivity index is 1.70. The molecule has 0 spiro atoms. The average Bonchev–Trinajstić information content (AvgIpc) is 3.30. The van der Waals surface area contributed by atoms with Gasteiger partial charge in [-0.25, -0.2) is 4.79 Å². The second-order valence-electron chi connectivity index (χ2n) is 7.26. The van der Waals surface area contributed by atoms with Gasteiger partial charge in [-0.05, 0) is 48.2 Å². The van der Waals surface area contributed by atoms with Crippen LogP contribution in [0.25, 0.3) is 33.7 Å². The summed E-state index contributed by atoms with van der Waals surface area (Å²) in [7, 11) is 2.85. The zero-order valence-electron chi connectivity index (χ0n) is 17.9. The molecule has 0 N–H and O–H groups in total. The van der Waals surface area contributed by atoms with E-state index in [1.807, 2.05) is 24.3 Å². The number of methoxy groups -OCH3 is 2. The Kier molecular flexibility index (Phi) is 5.58. The molecule has 0 aliphatic heterocycles. The van der Waals surface area contributed by atoms with Gasteiger partial charge in [-0.15, -0.1) is 0 Å². The van der Waals surface area contributed by atoms with Gasteiger partial charge in [0.25, 0.3) is 0 Å². The maximum atomic E-state index is 11.9. The fourth-order valence-corrected chi connectivity index (χ4v) is 3.69. The summed E-state index contributed by atoms with van der Waals surface area (Å²) in [6, 6.07) is 21.6. The first-order valence-electron chi connectivity index (χ1n) is 9.93. The monoisotopic (exact) mass is 413 g/mol. The maximum Gasteiger partial charge on any atom is 0.341 e. The number of nitrogens with zero attached hydrogens (tertiary/aromatic N) is 1. The van der Waals surface area contributed by atoms with Gasteiger partial charge in [0.15, 0.2) is 5.76 Å². The molecule has 31 heavy (non-hydrogen) atoms. The second-order valence-corrected chi connectivity index (χ2v) is 7.26. The van der Waals surface area contributed by atoms with Gasteiger partial charge in [0.05, 0.1) is 14.2 Å². The van der Waals surface area contributed by atoms with Crippen molar-refractivity contribution in [2.24, 2.45) is 0 Å². The maximum absolute atomic E-state index is 11.9. The number of rotatable bonds is 5. The Morgan fingerprint density at radius 3 is 2.26 bits per heavy atom. The summed E-state index contributed by atoms with van der Waals surface area (Å²) in [5, 5.41) is 4.24. The first-order valence-corrected chi connectivity index (χ1v) is 9.93. The van der Waals surface area contributed by atoms with Gasteiger partial charge >= 0.3 is 5.97 Å². The standard InChI is InChI=1S/C26H23NO4/c1-16-17(2)21(13-12-20(16)18-8-6-5-7-9-18)25-15-23(27-31-25)19-10-11-22(26(28)30-4)24(14-19)29-3/h5-15H,1-4H3. The molecule has 0 aliphatic rings. The third kappa shape index (κ3) is 3.82. The molecule has 0 saturated carbocycles. The molecule has 0 radical (unpaired) electrons. The van der Waals surface area contributed by atoms with Crippen LogP contribution >= 0.6 is 0 Å². The molecular weight excluding hydrogens is 390 g/mol. The third-order valence-electron chi connectivity index (χ3n) is 5.55. The van der Waals surface area contributed by atoms with Crippen LogP contribution in [-0.4, -0.2) is 25.3 Å². The molecule has 156 valence electrons. The molecule has 0 amide bonds. The van der Waals surface area contributed by atoms with Crippen molar-refractivity contribution in [3.05, 3.63) is 83.4 Å². The van der Waals surface area contributed by atoms with Crippen LogP contribution in [-0.2, 0) is 4.74 Å². The van der Waals surface area contributed by atoms with E-state index in [4.69, 9.17) is 14.0 Å². The number of ether oxygens (including phenoxy) is 2. The van der Waals surface area contributed by atoms with Crippen LogP contribution in [0.5, 0.6) is 5.75 Å². The molecule has 0 saturated heterocycles. The number of hydrogen-bond acceptors (Lipinski definition) is 5. The van der Waals surface area contributed by atoms with Gasteiger partial charge in [-0.1, -0.05) is 53.7 Å². The quantitative estimate of drug-likeness (QED) is 0.371. The van der Waals surface area contributed by atoms with Gasteiger partial charge in [0.2, 0.25) is 0 Å². The van der Waals surface area contributed by atoms with Gasteiger partial charge < -0.3 is 14.0 Å². The summed E-state index contributed by atoms with van der Waals surface area (Å²) in [5.41, 5.74) is 7.53. The molecule has 1 aromatic heterocycles. The number of carbonyl (C=O) groups excluding carboxylic acids is 1. The first-order chi connectivity index (χ1) is 15.0. The smallest absolute Gasteiger partial charge is 0.341 e. The Bertz CT molecular complexity index is 1240. The summed E-state index contributed by atoms with van der Waals surface area (Å²) in [4.78, 5) is 11.9. The molecule has 1 heterocycles. The van der Waals surface area contributed by atoms with Crippen LogP contribution in [0.4, 0.5) is 0 Å². The normalized spacial score (nSPS) is 10.7. The van der Waals surface area contributed by atoms with E-state index in [1.165, 1.54) is 30.9 Å². The minimum atomic E-state index is -0.450. The highest BCUT2D eigenvalue weighted by Crippen LogP contribution is 2.35. The predicted octanol–water partition coefficient (Wildman–Crippen LogP) is 6.09. The lowest BCUT2D eigenvalue weighted by molar-refractivity contribution is 0.0597. The van der Waals surface area contributed by atoms with Gasteiger partial charge in [0, 0.05) is 17.2 Å². The van der Waals surface area contributed by atoms with Crippen molar-refractivity contribution in [2.45, 2.75) is 13.8 Å². The highest BCUT2D eigenvalue weighted by molar-refractivity contribution is 5.93.